The van der Waals surface area contributed by atoms with Crippen molar-refractivity contribution in [3.05, 3.63) is 66.2 Å². The Morgan fingerprint density at radius 2 is 1.52 bits per heavy atom. The average Bonchev–Trinajstić information content (AvgIpc) is 3.28. The number of hydrogen-bond donors (Lipinski definition) is 0. The molecular weight excluding hydrogens is 432 g/mol. The lowest BCUT2D eigenvalue weighted by Gasteiger charge is -2.44. The number of rotatable bonds is 4. The van der Waals surface area contributed by atoms with Crippen LogP contribution in [0.1, 0.15) is 19.4 Å². The van der Waals surface area contributed by atoms with Gasteiger partial charge >= 0.3 is 11.9 Å². The molecule has 31 heavy (non-hydrogen) atoms. The molecule has 8 heteroatoms. The first-order valence-corrected chi connectivity index (χ1v) is 11.6. The fourth-order valence-electron chi connectivity index (χ4n) is 3.99. The fourth-order valence-corrected chi connectivity index (χ4v) is 7.70. The van der Waals surface area contributed by atoms with Gasteiger partial charge in [0, 0.05) is 11.3 Å². The third kappa shape index (κ3) is 3.51. The summed E-state index contributed by atoms with van der Waals surface area (Å²) in [4.78, 5) is 32.8. The van der Waals surface area contributed by atoms with E-state index < -0.39 is 33.0 Å². The van der Waals surface area contributed by atoms with E-state index >= 15 is 0 Å². The highest BCUT2D eigenvalue weighted by molar-refractivity contribution is 8.27. The summed E-state index contributed by atoms with van der Waals surface area (Å²) in [6, 6.07) is 18.7. The number of thioether (sulfide) groups is 2. The van der Waals surface area contributed by atoms with Crippen molar-refractivity contribution in [1.29, 1.82) is 0 Å². The van der Waals surface area contributed by atoms with E-state index in [0.29, 0.717) is 0 Å². The van der Waals surface area contributed by atoms with Crippen molar-refractivity contribution >= 4 is 46.2 Å². The van der Waals surface area contributed by atoms with Gasteiger partial charge in [-0.25, -0.2) is 4.79 Å². The summed E-state index contributed by atoms with van der Waals surface area (Å²) in [5, 5.41) is 0.114. The molecule has 2 aromatic rings. The van der Waals surface area contributed by atoms with Gasteiger partial charge in [-0.3, -0.25) is 9.79 Å². The second kappa shape index (κ2) is 8.24. The van der Waals surface area contributed by atoms with Crippen LogP contribution in [-0.2, 0) is 19.1 Å². The van der Waals surface area contributed by atoms with Crippen LogP contribution in [0.3, 0.4) is 0 Å². The largest absolute Gasteiger partial charge is 0.468 e. The lowest BCUT2D eigenvalue weighted by molar-refractivity contribution is -0.147. The Morgan fingerprint density at radius 1 is 0.935 bits per heavy atom. The molecule has 4 rings (SSSR count). The minimum Gasteiger partial charge on any atom is -0.468 e. The van der Waals surface area contributed by atoms with E-state index in [1.165, 1.54) is 26.0 Å². The fraction of sp³-hybridized carbons (Fsp3) is 0.348. The zero-order valence-electron chi connectivity index (χ0n) is 17.8. The monoisotopic (exact) mass is 456 g/mol. The summed E-state index contributed by atoms with van der Waals surface area (Å²) in [6.45, 7) is 4.07. The summed E-state index contributed by atoms with van der Waals surface area (Å²) in [5.74, 6) is -0.934. The van der Waals surface area contributed by atoms with Gasteiger partial charge in [0.05, 0.1) is 19.8 Å². The average molecular weight is 457 g/mol. The van der Waals surface area contributed by atoms with Gasteiger partial charge < -0.3 is 14.4 Å². The summed E-state index contributed by atoms with van der Waals surface area (Å²) in [5.41, 5.74) is 1.20. The molecule has 6 nitrogen and oxygen atoms in total. The second-order valence-electron chi connectivity index (χ2n) is 7.76. The molecule has 0 radical (unpaired) electrons. The third-order valence-electron chi connectivity index (χ3n) is 5.49. The van der Waals surface area contributed by atoms with Crippen molar-refractivity contribution in [3.63, 3.8) is 0 Å². The number of hydrogen-bond acceptors (Lipinski definition) is 8. The Bertz CT molecular complexity index is 1010. The maximum absolute atomic E-state index is 13.0. The third-order valence-corrected chi connectivity index (χ3v) is 9.24. The number of ether oxygens (including phenoxy) is 2. The van der Waals surface area contributed by atoms with E-state index in [-0.39, 0.29) is 0 Å². The topological polar surface area (TPSA) is 68.2 Å². The first-order chi connectivity index (χ1) is 14.8. The van der Waals surface area contributed by atoms with Crippen LogP contribution >= 0.6 is 23.5 Å². The molecule has 0 aromatic heterocycles. The molecule has 0 bridgehead atoms. The normalized spacial score (nSPS) is 26.6. The number of carbonyl (C=O) groups excluding carboxylic acids is 2. The lowest BCUT2D eigenvalue weighted by atomic mass is 10.0. The van der Waals surface area contributed by atoms with Gasteiger partial charge in [-0.2, -0.15) is 0 Å². The highest BCUT2D eigenvalue weighted by atomic mass is 32.2. The number of benzene rings is 2. The predicted molar refractivity (Wildman–Crippen MR) is 126 cm³/mol. The number of para-hydroxylation sites is 1. The molecule has 2 aliphatic rings. The number of esters is 2. The van der Waals surface area contributed by atoms with Crippen molar-refractivity contribution < 1.29 is 19.1 Å². The first kappa shape index (κ1) is 21.8. The van der Waals surface area contributed by atoms with Gasteiger partial charge in [-0.05, 0) is 26.0 Å². The van der Waals surface area contributed by atoms with Crippen molar-refractivity contribution in [3.8, 4) is 0 Å². The van der Waals surface area contributed by atoms with Crippen molar-refractivity contribution in [1.82, 2.24) is 0 Å². The zero-order chi connectivity index (χ0) is 22.2. The van der Waals surface area contributed by atoms with Crippen LogP contribution in [0.2, 0.25) is 0 Å². The molecule has 0 saturated carbocycles. The van der Waals surface area contributed by atoms with E-state index in [9.17, 15) is 9.59 Å². The molecule has 1 fully saturated rings. The van der Waals surface area contributed by atoms with Crippen LogP contribution < -0.4 is 4.90 Å². The van der Waals surface area contributed by atoms with Crippen LogP contribution in [-0.4, -0.2) is 52.2 Å². The maximum atomic E-state index is 13.0. The standard InChI is InChI=1S/C23H24N2O4S2/c1-22(2)23(31-19(24-22)15-11-7-5-8-12-15)25(16-13-9-6-10-14-16)17(20(26)28-3)18(30-23)21(27)29-4/h5-14,17-18H,1-4H3/t17-,18-,23-/m1/s1. The summed E-state index contributed by atoms with van der Waals surface area (Å²) in [7, 11) is 2.68. The summed E-state index contributed by atoms with van der Waals surface area (Å²) in [6.07, 6.45) is 0. The maximum Gasteiger partial charge on any atom is 0.330 e. The van der Waals surface area contributed by atoms with Gasteiger partial charge in [0.2, 0.25) is 0 Å². The van der Waals surface area contributed by atoms with Gasteiger partial charge in [-0.1, -0.05) is 60.3 Å². The molecule has 0 unspecified atom stereocenters. The second-order valence-corrected chi connectivity index (χ2v) is 10.5. The number of carbonyl (C=O) groups is 2. The van der Waals surface area contributed by atoms with Crippen LogP contribution in [0.25, 0.3) is 0 Å². The van der Waals surface area contributed by atoms with E-state index in [2.05, 4.69) is 0 Å². The lowest BCUT2D eigenvalue weighted by Crippen LogP contribution is -2.57. The Balaban J connectivity index is 1.88. The Labute approximate surface area is 190 Å². The molecule has 162 valence electrons. The Hall–Kier alpha value is -2.45. The smallest absolute Gasteiger partial charge is 0.330 e. The van der Waals surface area contributed by atoms with Gasteiger partial charge in [0.15, 0.2) is 10.2 Å². The SMILES string of the molecule is COC(=O)[C@@H]1S[C@]2(SC(c3ccccc3)=NC2(C)C)N(c2ccccc2)[C@H]1C(=O)OC. The van der Waals surface area contributed by atoms with Crippen LogP contribution in [0.4, 0.5) is 5.69 Å². The van der Waals surface area contributed by atoms with Crippen LogP contribution in [0, 0.1) is 0 Å². The Kier molecular flexibility index (Phi) is 5.79. The van der Waals surface area contributed by atoms with Crippen molar-refractivity contribution in [2.45, 2.75) is 34.9 Å². The molecule has 2 heterocycles. The first-order valence-electron chi connectivity index (χ1n) is 9.87. The minimum atomic E-state index is -0.845. The summed E-state index contributed by atoms with van der Waals surface area (Å²) < 4.78 is 9.48. The van der Waals surface area contributed by atoms with Crippen molar-refractivity contribution in [2.75, 3.05) is 19.1 Å². The van der Waals surface area contributed by atoms with E-state index in [4.69, 9.17) is 14.5 Å². The highest BCUT2D eigenvalue weighted by Gasteiger charge is 2.67. The quantitative estimate of drug-likeness (QED) is 0.646. The number of nitrogens with zero attached hydrogens (tertiary/aromatic N) is 2. The molecule has 0 N–H and O–H groups in total. The van der Waals surface area contributed by atoms with Gasteiger partial charge in [0.25, 0.3) is 0 Å². The zero-order valence-corrected chi connectivity index (χ0v) is 19.4. The minimum absolute atomic E-state index is 0.456. The molecule has 2 aliphatic heterocycles. The van der Waals surface area contributed by atoms with E-state index in [0.717, 1.165) is 16.3 Å². The number of aliphatic imine (C=N–C) groups is 1. The molecule has 1 spiro atoms. The number of methoxy groups -OCH3 is 2. The highest BCUT2D eigenvalue weighted by Crippen LogP contribution is 2.63. The van der Waals surface area contributed by atoms with Crippen LogP contribution in [0.5, 0.6) is 0 Å². The number of anilines is 1. The molecule has 3 atom stereocenters. The van der Waals surface area contributed by atoms with Crippen LogP contribution in [0.15, 0.2) is 65.7 Å². The molecule has 0 aliphatic carbocycles. The molecule has 2 aromatic carbocycles. The molecular formula is C23H24N2O4S2. The molecule has 0 amide bonds. The predicted octanol–water partition coefficient (Wildman–Crippen LogP) is 3.95. The summed E-state index contributed by atoms with van der Waals surface area (Å²) >= 11 is 2.98. The van der Waals surface area contributed by atoms with Gasteiger partial charge in [0.1, 0.15) is 10.3 Å². The van der Waals surface area contributed by atoms with Gasteiger partial charge in [-0.15, -0.1) is 11.8 Å². The Morgan fingerprint density at radius 3 is 2.10 bits per heavy atom. The van der Waals surface area contributed by atoms with Crippen molar-refractivity contribution in [2.24, 2.45) is 4.99 Å². The molecule has 1 saturated heterocycles. The van der Waals surface area contributed by atoms with E-state index in [1.807, 2.05) is 79.4 Å². The van der Waals surface area contributed by atoms with E-state index in [1.54, 1.807) is 11.8 Å².